The molecule has 1 unspecified atom stereocenters. The largest absolute Gasteiger partial charge is 0.371 e. The number of imide groups is 2. The number of nitrogens with one attached hydrogen (secondary N) is 1. The zero-order valence-corrected chi connectivity index (χ0v) is 34.0. The van der Waals surface area contributed by atoms with Crippen molar-refractivity contribution in [3.05, 3.63) is 87.9 Å². The van der Waals surface area contributed by atoms with Crippen molar-refractivity contribution in [2.75, 3.05) is 80.1 Å². The Hall–Kier alpha value is -5.45. The van der Waals surface area contributed by atoms with Crippen molar-refractivity contribution in [3.8, 4) is 6.07 Å². The van der Waals surface area contributed by atoms with E-state index in [0.29, 0.717) is 34.3 Å². The predicted molar refractivity (Wildman–Crippen MR) is 224 cm³/mol. The highest BCUT2D eigenvalue weighted by Crippen LogP contribution is 2.43. The number of hydrogen-bond donors (Lipinski definition) is 1. The first-order valence-electron chi connectivity index (χ1n) is 21.0. The smallest absolute Gasteiger partial charge is 0.262 e. The van der Waals surface area contributed by atoms with Crippen LogP contribution in [0.25, 0.3) is 0 Å². The van der Waals surface area contributed by atoms with Gasteiger partial charge in [-0.1, -0.05) is 11.6 Å². The van der Waals surface area contributed by atoms with E-state index in [2.05, 4.69) is 43.1 Å². The van der Waals surface area contributed by atoms with Crippen LogP contribution in [0.15, 0.2) is 60.7 Å². The van der Waals surface area contributed by atoms with E-state index in [1.807, 2.05) is 41.3 Å². The predicted octanol–water partition coefficient (Wildman–Crippen LogP) is 4.93. The minimum Gasteiger partial charge on any atom is -0.371 e. The number of nitriles is 1. The third-order valence-electron chi connectivity index (χ3n) is 13.8. The van der Waals surface area contributed by atoms with Crippen LogP contribution in [0.5, 0.6) is 0 Å². The molecule has 0 radical (unpaired) electrons. The van der Waals surface area contributed by atoms with E-state index in [4.69, 9.17) is 11.6 Å². The average molecular weight is 817 g/mol. The number of halogens is 1. The Bertz CT molecular complexity index is 2230. The van der Waals surface area contributed by atoms with E-state index in [9.17, 15) is 29.2 Å². The van der Waals surface area contributed by atoms with Crippen LogP contribution in [0.3, 0.4) is 0 Å². The quantitative estimate of drug-likeness (QED) is 0.341. The standard InChI is InChI=1S/C45H49ClN8O5/c46-38-27-35(7-4-31(38)28-47)53-23-16-45(29-53)14-21-51(22-15-45)32-5-2-30(3-6-32)42(57)52-18-1-17-49(24-25-52)33-12-19-50(20-13-33)34-8-9-36-37(26-34)44(59)54(43(36)58)39-10-11-40(55)48-41(39)56/h2-9,26-27,33,39H,1,10-25,29H2,(H,48,55,56). The number of piperidine rings is 3. The van der Waals surface area contributed by atoms with Crippen molar-refractivity contribution in [3.63, 3.8) is 0 Å². The molecule has 0 saturated carbocycles. The molecule has 5 fully saturated rings. The van der Waals surface area contributed by atoms with Gasteiger partial charge in [0.15, 0.2) is 0 Å². The van der Waals surface area contributed by atoms with Crippen LogP contribution in [0, 0.1) is 16.7 Å². The first-order chi connectivity index (χ1) is 28.6. The SMILES string of the molecule is N#Cc1ccc(N2CCC3(CCN(c4ccc(C(=O)N5CCCN(C6CCN(c7ccc8c(c7)C(=O)N(C7CCC(=O)NC7=O)C8=O)CC6)CC5)cc4)CC3)C2)cc1Cl. The van der Waals surface area contributed by atoms with Crippen molar-refractivity contribution >= 4 is 58.2 Å². The Balaban J connectivity index is 0.744. The summed E-state index contributed by atoms with van der Waals surface area (Å²) in [6.45, 7) is 8.75. The van der Waals surface area contributed by atoms with Crippen LogP contribution in [-0.4, -0.2) is 122 Å². The summed E-state index contributed by atoms with van der Waals surface area (Å²) >= 11 is 6.34. The number of rotatable bonds is 6. The average Bonchev–Trinajstić information content (AvgIpc) is 3.65. The van der Waals surface area contributed by atoms with E-state index in [-0.39, 0.29) is 24.2 Å². The zero-order valence-electron chi connectivity index (χ0n) is 33.2. The van der Waals surface area contributed by atoms with Crippen LogP contribution in [0.1, 0.15) is 88.0 Å². The van der Waals surface area contributed by atoms with Crippen LogP contribution in [0.4, 0.5) is 17.1 Å². The van der Waals surface area contributed by atoms with E-state index < -0.39 is 29.7 Å². The molecule has 0 aliphatic carbocycles. The summed E-state index contributed by atoms with van der Waals surface area (Å²) in [5.74, 6) is -1.90. The molecule has 0 aromatic heterocycles. The summed E-state index contributed by atoms with van der Waals surface area (Å²) in [4.78, 5) is 77.0. The van der Waals surface area contributed by atoms with Crippen molar-refractivity contribution in [1.29, 1.82) is 5.26 Å². The number of fused-ring (bicyclic) bond motifs is 1. The Morgan fingerprint density at radius 3 is 2.08 bits per heavy atom. The lowest BCUT2D eigenvalue weighted by molar-refractivity contribution is -0.136. The molecule has 306 valence electrons. The molecule has 3 aromatic rings. The molecule has 59 heavy (non-hydrogen) atoms. The molecular weight excluding hydrogens is 768 g/mol. The lowest BCUT2D eigenvalue weighted by Crippen LogP contribution is -2.54. The third kappa shape index (κ3) is 7.53. The van der Waals surface area contributed by atoms with Crippen molar-refractivity contribution in [2.45, 2.75) is 63.5 Å². The third-order valence-corrected chi connectivity index (χ3v) is 14.1. The fourth-order valence-electron chi connectivity index (χ4n) is 10.2. The summed E-state index contributed by atoms with van der Waals surface area (Å²) in [6, 6.07) is 20.8. The molecule has 1 N–H and O–H groups in total. The molecular formula is C45H49ClN8O5. The number of anilines is 3. The monoisotopic (exact) mass is 816 g/mol. The van der Waals surface area contributed by atoms with Gasteiger partial charge in [-0.15, -0.1) is 0 Å². The van der Waals surface area contributed by atoms with E-state index in [1.54, 1.807) is 12.1 Å². The Morgan fingerprint density at radius 2 is 1.37 bits per heavy atom. The van der Waals surface area contributed by atoms with Gasteiger partial charge in [0.05, 0.1) is 21.7 Å². The fourth-order valence-corrected chi connectivity index (χ4v) is 10.5. The topological polar surface area (TPSA) is 141 Å². The molecule has 9 rings (SSSR count). The van der Waals surface area contributed by atoms with Gasteiger partial charge in [-0.3, -0.25) is 39.1 Å². The number of hydrogen-bond acceptors (Lipinski definition) is 10. The van der Waals surface area contributed by atoms with Gasteiger partial charge in [0.1, 0.15) is 12.1 Å². The van der Waals surface area contributed by atoms with Crippen molar-refractivity contribution in [2.24, 2.45) is 5.41 Å². The fraction of sp³-hybridized carbons (Fsp3) is 0.467. The molecule has 3 aromatic carbocycles. The van der Waals surface area contributed by atoms with Crippen molar-refractivity contribution in [1.82, 2.24) is 20.0 Å². The molecule has 0 bridgehead atoms. The highest BCUT2D eigenvalue weighted by atomic mass is 35.5. The maximum Gasteiger partial charge on any atom is 0.262 e. The highest BCUT2D eigenvalue weighted by molar-refractivity contribution is 6.32. The normalized spacial score (nSPS) is 22.8. The molecule has 6 heterocycles. The summed E-state index contributed by atoms with van der Waals surface area (Å²) in [5.41, 5.74) is 5.23. The van der Waals surface area contributed by atoms with Gasteiger partial charge in [0, 0.05) is 101 Å². The van der Waals surface area contributed by atoms with Gasteiger partial charge < -0.3 is 19.6 Å². The maximum absolute atomic E-state index is 13.7. The zero-order chi connectivity index (χ0) is 40.8. The maximum atomic E-state index is 13.7. The van der Waals surface area contributed by atoms with E-state index >= 15 is 0 Å². The summed E-state index contributed by atoms with van der Waals surface area (Å²) in [7, 11) is 0. The molecule has 5 amide bonds. The molecule has 1 atom stereocenters. The first-order valence-corrected chi connectivity index (χ1v) is 21.4. The lowest BCUT2D eigenvalue weighted by Gasteiger charge is -2.40. The molecule has 6 aliphatic rings. The molecule has 13 nitrogen and oxygen atoms in total. The van der Waals surface area contributed by atoms with Crippen LogP contribution >= 0.6 is 11.6 Å². The summed E-state index contributed by atoms with van der Waals surface area (Å²) in [5, 5.41) is 12.0. The van der Waals surface area contributed by atoms with Gasteiger partial charge in [-0.2, -0.15) is 5.26 Å². The second kappa shape index (κ2) is 16.0. The summed E-state index contributed by atoms with van der Waals surface area (Å²) < 4.78 is 0. The number of benzene rings is 3. The van der Waals surface area contributed by atoms with Crippen molar-refractivity contribution < 1.29 is 24.0 Å². The summed E-state index contributed by atoms with van der Waals surface area (Å²) in [6.07, 6.45) is 6.41. The van der Waals surface area contributed by atoms with Gasteiger partial charge in [0.25, 0.3) is 17.7 Å². The number of carbonyl (C=O) groups excluding carboxylic acids is 5. The van der Waals surface area contributed by atoms with Gasteiger partial charge >= 0.3 is 0 Å². The number of nitrogens with zero attached hydrogens (tertiary/aromatic N) is 7. The number of amides is 5. The van der Waals surface area contributed by atoms with Gasteiger partial charge in [-0.05, 0) is 111 Å². The van der Waals surface area contributed by atoms with Crippen LogP contribution < -0.4 is 20.0 Å². The molecule has 5 saturated heterocycles. The minimum atomic E-state index is -0.979. The Labute approximate surface area is 349 Å². The molecule has 1 spiro atoms. The van der Waals surface area contributed by atoms with E-state index in [1.165, 1.54) is 0 Å². The Kier molecular flexibility index (Phi) is 10.6. The highest BCUT2D eigenvalue weighted by Gasteiger charge is 2.45. The minimum absolute atomic E-state index is 0.0839. The second-order valence-corrected chi connectivity index (χ2v) is 17.5. The molecule has 6 aliphatic heterocycles. The van der Waals surface area contributed by atoms with Crippen LogP contribution in [0.2, 0.25) is 5.02 Å². The first kappa shape index (κ1) is 39.0. The van der Waals surface area contributed by atoms with E-state index in [0.717, 1.165) is 125 Å². The Morgan fingerprint density at radius 1 is 0.712 bits per heavy atom. The van der Waals surface area contributed by atoms with Gasteiger partial charge in [0.2, 0.25) is 11.8 Å². The second-order valence-electron chi connectivity index (χ2n) is 17.1. The van der Waals surface area contributed by atoms with Crippen LogP contribution in [-0.2, 0) is 9.59 Å². The number of carbonyl (C=O) groups is 5. The lowest BCUT2D eigenvalue weighted by atomic mass is 9.77. The molecule has 14 heteroatoms. The van der Waals surface area contributed by atoms with Gasteiger partial charge in [-0.25, -0.2) is 0 Å².